The van der Waals surface area contributed by atoms with Crippen molar-refractivity contribution >= 4 is 23.4 Å². The molecular weight excluding hydrogens is 778 g/mol. The molecule has 0 saturated heterocycles. The zero-order valence-electron chi connectivity index (χ0n) is 33.8. The van der Waals surface area contributed by atoms with Crippen molar-refractivity contribution in [1.29, 1.82) is 0 Å². The molecule has 0 unspecified atom stereocenters. The third-order valence-electron chi connectivity index (χ3n) is 8.32. The lowest BCUT2D eigenvalue weighted by atomic mass is 10.0. The van der Waals surface area contributed by atoms with Crippen LogP contribution in [-0.2, 0) is 11.2 Å². The van der Waals surface area contributed by atoms with Gasteiger partial charge in [0.15, 0.2) is 0 Å². The second-order valence-corrected chi connectivity index (χ2v) is 12.1. The molecule has 0 aliphatic heterocycles. The number of amides is 1. The minimum atomic E-state index is -0.459. The highest BCUT2D eigenvalue weighted by Gasteiger charge is 2.18. The van der Waals surface area contributed by atoms with Gasteiger partial charge in [-0.05, 0) is 61.1 Å². The Morgan fingerprint density at radius 2 is 1.22 bits per heavy atom. The van der Waals surface area contributed by atoms with Gasteiger partial charge < -0.3 is 36.1 Å². The molecule has 2 heterocycles. The fraction of sp³-hybridized carbons (Fsp3) is 0.190. The van der Waals surface area contributed by atoms with Crippen molar-refractivity contribution in [3.8, 4) is 45.5 Å². The molecule has 0 fully saturated rings. The highest BCUT2D eigenvalue weighted by atomic mass is 35.5. The van der Waals surface area contributed by atoms with Gasteiger partial charge in [0.25, 0.3) is 5.91 Å². The highest BCUT2D eigenvalue weighted by Crippen LogP contribution is 2.30. The van der Waals surface area contributed by atoms with Gasteiger partial charge in [-0.25, -0.2) is 25.6 Å². The number of rotatable bonds is 12. The Labute approximate surface area is 350 Å². The maximum atomic E-state index is 12.3. The van der Waals surface area contributed by atoms with Crippen LogP contribution in [0.2, 0.25) is 0 Å². The number of nitrogens with two attached hydrogens (primary N) is 3. The smallest absolute Gasteiger partial charge is 0.341 e. The Bertz CT molecular complexity index is 2300. The number of quaternary nitrogens is 1. The Morgan fingerprint density at radius 1 is 0.695 bits per heavy atom. The van der Waals surface area contributed by atoms with Crippen molar-refractivity contribution < 1.29 is 52.4 Å². The van der Waals surface area contributed by atoms with Gasteiger partial charge in [-0.15, -0.1) is 0 Å². The predicted molar refractivity (Wildman–Crippen MR) is 221 cm³/mol. The van der Waals surface area contributed by atoms with Gasteiger partial charge in [-0.3, -0.25) is 26.4 Å². The number of benzene rings is 4. The van der Waals surface area contributed by atoms with E-state index in [0.29, 0.717) is 34.9 Å². The first kappa shape index (κ1) is 46.7. The van der Waals surface area contributed by atoms with Crippen LogP contribution in [0.3, 0.4) is 0 Å². The SMILES string of the molecule is CNN.COC(=O)c1cc([NH2+]c2cc(-c3ccccc3OC)ncn2)ccc1OC.COc1ccc(Cc2cc(-c3ccccc3OC)ncn2)cc1C(=O)N(C)N.[Cl-].[HH]. The summed E-state index contributed by atoms with van der Waals surface area (Å²) in [7, 11) is 10.8. The molecule has 0 saturated carbocycles. The minimum absolute atomic E-state index is 0. The fourth-order valence-corrected chi connectivity index (χ4v) is 5.64. The molecule has 6 rings (SSSR count). The number of carbonyl (C=O) groups excluding carboxylic acids is 2. The normalized spacial score (nSPS) is 9.98. The summed E-state index contributed by atoms with van der Waals surface area (Å²) in [6.07, 6.45) is 3.56. The Balaban J connectivity index is 0.000000376. The third-order valence-corrected chi connectivity index (χ3v) is 8.32. The highest BCUT2D eigenvalue weighted by molar-refractivity contribution is 5.96. The number of carbonyl (C=O) groups is 2. The summed E-state index contributed by atoms with van der Waals surface area (Å²) in [6.45, 7) is 0. The monoisotopic (exact) mass is 827 g/mol. The number of nitrogens with zero attached hydrogens (tertiary/aromatic N) is 5. The van der Waals surface area contributed by atoms with Gasteiger partial charge in [-0.2, -0.15) is 4.98 Å². The zero-order valence-corrected chi connectivity index (χ0v) is 34.6. The van der Waals surface area contributed by atoms with Crippen molar-refractivity contribution in [1.82, 2.24) is 30.4 Å². The lowest BCUT2D eigenvalue weighted by Gasteiger charge is -2.14. The molecular formula is C42H50ClN9O7. The molecule has 1 amide bonds. The van der Waals surface area contributed by atoms with E-state index in [-0.39, 0.29) is 19.7 Å². The van der Waals surface area contributed by atoms with E-state index < -0.39 is 5.97 Å². The standard InChI is InChI=1S/C21H22N4O3.C20H19N3O4.CH6N2.ClH.H2/c1-25(22)21(26)17-11-14(8-9-20(17)28-3)10-15-12-18(24-13-23-15)16-6-4-5-7-19(16)27-2;1-25-17-7-5-4-6-14(17)16-11-19(22-12-21-16)23-13-8-9-18(26-2)15(10-13)20(24)27-3;1-3-2;;/h4-9,11-13H,10,22H2,1-3H3;4-12H,1-3H3,(H,21,22,23);3H,2H2,1H3;2*1H. The second-order valence-electron chi connectivity index (χ2n) is 12.1. The van der Waals surface area contributed by atoms with Crippen LogP contribution in [0, 0.1) is 0 Å². The molecule has 2 aromatic heterocycles. The van der Waals surface area contributed by atoms with E-state index in [4.69, 9.17) is 29.5 Å². The van der Waals surface area contributed by atoms with Gasteiger partial charge >= 0.3 is 5.97 Å². The topological polar surface area (TPSA) is 216 Å². The number of para-hydroxylation sites is 2. The Kier molecular flexibility index (Phi) is 18.6. The van der Waals surface area contributed by atoms with Crippen molar-refractivity contribution in [3.63, 3.8) is 0 Å². The van der Waals surface area contributed by atoms with Gasteiger partial charge in [0.2, 0.25) is 5.82 Å². The van der Waals surface area contributed by atoms with Gasteiger partial charge in [-0.1, -0.05) is 30.3 Å². The van der Waals surface area contributed by atoms with E-state index in [9.17, 15) is 9.59 Å². The van der Waals surface area contributed by atoms with Crippen LogP contribution in [0.1, 0.15) is 33.4 Å². The largest absolute Gasteiger partial charge is 1.00 e. The maximum absolute atomic E-state index is 12.3. The van der Waals surface area contributed by atoms with Gasteiger partial charge in [0, 0.05) is 49.9 Å². The van der Waals surface area contributed by atoms with Crippen LogP contribution >= 0.6 is 0 Å². The molecule has 59 heavy (non-hydrogen) atoms. The quantitative estimate of drug-likeness (QED) is 0.0453. The molecule has 0 aliphatic carbocycles. The molecule has 0 aliphatic rings. The first-order valence-corrected chi connectivity index (χ1v) is 17.7. The molecule has 0 radical (unpaired) electrons. The van der Waals surface area contributed by atoms with Crippen molar-refractivity contribution in [2.45, 2.75) is 6.42 Å². The Morgan fingerprint density at radius 3 is 1.78 bits per heavy atom. The number of nitrogens with one attached hydrogen (secondary N) is 1. The summed E-state index contributed by atoms with van der Waals surface area (Å²) in [6, 6.07) is 29.8. The number of esters is 1. The summed E-state index contributed by atoms with van der Waals surface area (Å²) >= 11 is 0. The molecule has 312 valence electrons. The first-order chi connectivity index (χ1) is 28.1. The Hall–Kier alpha value is -6.69. The molecule has 6 aromatic rings. The zero-order chi connectivity index (χ0) is 42.0. The number of aromatic nitrogens is 4. The van der Waals surface area contributed by atoms with E-state index in [1.54, 1.807) is 45.5 Å². The van der Waals surface area contributed by atoms with Crippen LogP contribution in [0.5, 0.6) is 23.0 Å². The maximum Gasteiger partial charge on any atom is 0.341 e. The summed E-state index contributed by atoms with van der Waals surface area (Å²) in [5.41, 5.74) is 8.82. The predicted octanol–water partition coefficient (Wildman–Crippen LogP) is 1.50. The molecule has 0 atom stereocenters. The van der Waals surface area contributed by atoms with E-state index in [0.717, 1.165) is 56.0 Å². The second kappa shape index (κ2) is 23.5. The number of hydrogen-bond donors (Lipinski definition) is 4. The summed E-state index contributed by atoms with van der Waals surface area (Å²) in [4.78, 5) is 41.6. The average molecular weight is 828 g/mol. The number of halogens is 1. The van der Waals surface area contributed by atoms with Crippen molar-refractivity contribution in [3.05, 3.63) is 132 Å². The van der Waals surface area contributed by atoms with Crippen molar-refractivity contribution in [2.24, 2.45) is 11.7 Å². The molecule has 7 N–H and O–H groups in total. The van der Waals surface area contributed by atoms with E-state index in [1.165, 1.54) is 41.0 Å². The third kappa shape index (κ3) is 12.6. The lowest BCUT2D eigenvalue weighted by Crippen LogP contribution is -3.00. The summed E-state index contributed by atoms with van der Waals surface area (Å²) in [5.74, 6) is 12.5. The number of hydrogen-bond acceptors (Lipinski definition) is 14. The van der Waals surface area contributed by atoms with Crippen LogP contribution in [0.25, 0.3) is 22.5 Å². The van der Waals surface area contributed by atoms with Gasteiger partial charge in [0.05, 0.1) is 52.5 Å². The molecule has 0 spiro atoms. The minimum Gasteiger partial charge on any atom is -1.00 e. The molecule has 4 aromatic carbocycles. The van der Waals surface area contributed by atoms with Crippen LogP contribution in [0.15, 0.2) is 110 Å². The average Bonchev–Trinajstić information content (AvgIpc) is 3.26. The van der Waals surface area contributed by atoms with Crippen molar-refractivity contribution in [2.75, 3.05) is 49.6 Å². The number of hydrazine groups is 2. The number of methoxy groups -OCH3 is 5. The molecule has 16 nitrogen and oxygen atoms in total. The first-order valence-electron chi connectivity index (χ1n) is 17.7. The van der Waals surface area contributed by atoms with Crippen LogP contribution in [-0.4, -0.2) is 86.5 Å². The summed E-state index contributed by atoms with van der Waals surface area (Å²) in [5, 5.41) is 2.89. The van der Waals surface area contributed by atoms with Crippen LogP contribution in [0.4, 0.5) is 11.5 Å². The van der Waals surface area contributed by atoms with Gasteiger partial charge in [0.1, 0.15) is 46.9 Å². The van der Waals surface area contributed by atoms with E-state index in [1.807, 2.05) is 78.1 Å². The van der Waals surface area contributed by atoms with Crippen LogP contribution < -0.4 is 53.8 Å². The van der Waals surface area contributed by atoms with E-state index in [2.05, 4.69) is 31.2 Å². The fourth-order valence-electron chi connectivity index (χ4n) is 5.64. The number of ether oxygens (including phenoxy) is 5. The lowest BCUT2D eigenvalue weighted by molar-refractivity contribution is -0.483. The molecule has 17 heteroatoms. The molecule has 0 bridgehead atoms. The summed E-state index contributed by atoms with van der Waals surface area (Å²) < 4.78 is 26.1. The van der Waals surface area contributed by atoms with E-state index >= 15 is 0 Å².